The zero-order valence-corrected chi connectivity index (χ0v) is 6.18. The van der Waals surface area contributed by atoms with Gasteiger partial charge in [-0.25, -0.2) is 0 Å². The fraction of sp³-hybridized carbons (Fsp3) is 0.750. The van der Waals surface area contributed by atoms with Crippen LogP contribution in [0.2, 0.25) is 0 Å². The van der Waals surface area contributed by atoms with Crippen LogP contribution in [-0.4, -0.2) is 12.7 Å². The third-order valence-corrected chi connectivity index (χ3v) is 2.07. The Morgan fingerprint density at radius 2 is 2.22 bits per heavy atom. The van der Waals surface area contributed by atoms with Gasteiger partial charge in [0.05, 0.1) is 6.10 Å². The molecule has 0 aliphatic carbocycles. The van der Waals surface area contributed by atoms with Gasteiger partial charge in [-0.1, -0.05) is 13.5 Å². The van der Waals surface area contributed by atoms with Crippen LogP contribution in [0.1, 0.15) is 20.3 Å². The molecule has 1 rings (SSSR count). The van der Waals surface area contributed by atoms with Crippen LogP contribution in [0, 0.1) is 5.92 Å². The smallest absolute Gasteiger partial charge is 0.0756 e. The predicted octanol–water partition coefficient (Wildman–Crippen LogP) is 1.99. The lowest BCUT2D eigenvalue weighted by Gasteiger charge is -2.27. The molecule has 2 atom stereocenters. The zero-order chi connectivity index (χ0) is 6.85. The molecule has 1 heteroatoms. The summed E-state index contributed by atoms with van der Waals surface area (Å²) in [5, 5.41) is 0. The van der Waals surface area contributed by atoms with Crippen molar-refractivity contribution in [3.8, 4) is 0 Å². The van der Waals surface area contributed by atoms with Gasteiger partial charge in [0, 0.05) is 6.61 Å². The third-order valence-electron chi connectivity index (χ3n) is 2.07. The Morgan fingerprint density at radius 3 is 2.67 bits per heavy atom. The SMILES string of the molecule is C=C1C(C)OCC[C@H]1C. The highest BCUT2D eigenvalue weighted by atomic mass is 16.5. The van der Waals surface area contributed by atoms with Crippen molar-refractivity contribution in [1.82, 2.24) is 0 Å². The van der Waals surface area contributed by atoms with Gasteiger partial charge >= 0.3 is 0 Å². The zero-order valence-electron chi connectivity index (χ0n) is 6.18. The Balaban J connectivity index is 2.52. The first-order valence-electron chi connectivity index (χ1n) is 3.52. The first kappa shape index (κ1) is 6.81. The monoisotopic (exact) mass is 126 g/mol. The molecule has 0 aromatic carbocycles. The minimum Gasteiger partial charge on any atom is -0.374 e. The molecule has 1 fully saturated rings. The molecule has 1 heterocycles. The lowest BCUT2D eigenvalue weighted by Crippen LogP contribution is -2.23. The second-order valence-corrected chi connectivity index (χ2v) is 2.78. The maximum absolute atomic E-state index is 5.36. The summed E-state index contributed by atoms with van der Waals surface area (Å²) in [6, 6.07) is 0. The van der Waals surface area contributed by atoms with Crippen LogP contribution in [0.4, 0.5) is 0 Å². The van der Waals surface area contributed by atoms with Crippen molar-refractivity contribution < 1.29 is 4.74 Å². The van der Waals surface area contributed by atoms with Gasteiger partial charge in [0.15, 0.2) is 0 Å². The Kier molecular flexibility index (Phi) is 1.91. The standard InChI is InChI=1S/C8H14O/c1-6-4-5-9-8(3)7(6)2/h6,8H,2,4-5H2,1,3H3/t6-,8?/m1/s1. The van der Waals surface area contributed by atoms with Crippen molar-refractivity contribution in [2.24, 2.45) is 5.92 Å². The summed E-state index contributed by atoms with van der Waals surface area (Å²) in [5.41, 5.74) is 1.25. The average molecular weight is 126 g/mol. The van der Waals surface area contributed by atoms with E-state index in [4.69, 9.17) is 4.74 Å². The van der Waals surface area contributed by atoms with E-state index in [2.05, 4.69) is 20.4 Å². The average Bonchev–Trinajstić information content (AvgIpc) is 1.83. The van der Waals surface area contributed by atoms with Crippen molar-refractivity contribution in [3.63, 3.8) is 0 Å². The van der Waals surface area contributed by atoms with Crippen molar-refractivity contribution in [2.75, 3.05) is 6.61 Å². The molecule has 1 saturated heterocycles. The van der Waals surface area contributed by atoms with Crippen molar-refractivity contribution in [2.45, 2.75) is 26.4 Å². The second kappa shape index (κ2) is 2.53. The second-order valence-electron chi connectivity index (χ2n) is 2.78. The van der Waals surface area contributed by atoms with E-state index in [9.17, 15) is 0 Å². The van der Waals surface area contributed by atoms with Crippen LogP contribution >= 0.6 is 0 Å². The molecular formula is C8H14O. The molecule has 1 aliphatic heterocycles. The molecular weight excluding hydrogens is 112 g/mol. The third kappa shape index (κ3) is 1.33. The van der Waals surface area contributed by atoms with Crippen LogP contribution in [-0.2, 0) is 4.74 Å². The minimum atomic E-state index is 0.286. The molecule has 52 valence electrons. The van der Waals surface area contributed by atoms with Crippen LogP contribution in [0.5, 0.6) is 0 Å². The van der Waals surface area contributed by atoms with Crippen LogP contribution < -0.4 is 0 Å². The summed E-state index contributed by atoms with van der Waals surface area (Å²) in [5.74, 6) is 0.661. The van der Waals surface area contributed by atoms with E-state index < -0.39 is 0 Å². The van der Waals surface area contributed by atoms with E-state index in [1.54, 1.807) is 0 Å². The van der Waals surface area contributed by atoms with E-state index in [-0.39, 0.29) is 6.10 Å². The van der Waals surface area contributed by atoms with Crippen molar-refractivity contribution in [1.29, 1.82) is 0 Å². The van der Waals surface area contributed by atoms with Gasteiger partial charge in [0.1, 0.15) is 0 Å². The first-order chi connectivity index (χ1) is 4.22. The molecule has 0 aromatic heterocycles. The van der Waals surface area contributed by atoms with E-state index in [0.29, 0.717) is 5.92 Å². The van der Waals surface area contributed by atoms with Gasteiger partial charge in [0.25, 0.3) is 0 Å². The van der Waals surface area contributed by atoms with E-state index in [0.717, 1.165) is 13.0 Å². The Morgan fingerprint density at radius 1 is 1.56 bits per heavy atom. The van der Waals surface area contributed by atoms with E-state index >= 15 is 0 Å². The van der Waals surface area contributed by atoms with E-state index in [1.165, 1.54) is 5.57 Å². The fourth-order valence-corrected chi connectivity index (χ4v) is 1.11. The first-order valence-corrected chi connectivity index (χ1v) is 3.52. The largest absolute Gasteiger partial charge is 0.374 e. The Labute approximate surface area is 56.7 Å². The maximum Gasteiger partial charge on any atom is 0.0756 e. The van der Waals surface area contributed by atoms with Gasteiger partial charge in [-0.3, -0.25) is 0 Å². The number of hydrogen-bond donors (Lipinski definition) is 0. The van der Waals surface area contributed by atoms with Crippen molar-refractivity contribution in [3.05, 3.63) is 12.2 Å². The minimum absolute atomic E-state index is 0.286. The molecule has 0 aromatic rings. The summed E-state index contributed by atoms with van der Waals surface area (Å²) in [7, 11) is 0. The molecule has 1 unspecified atom stereocenters. The molecule has 0 amide bonds. The summed E-state index contributed by atoms with van der Waals surface area (Å²) >= 11 is 0. The normalized spacial score (nSPS) is 36.9. The maximum atomic E-state index is 5.36. The lowest BCUT2D eigenvalue weighted by molar-refractivity contribution is 0.0494. The van der Waals surface area contributed by atoms with Crippen LogP contribution in [0.3, 0.4) is 0 Å². The molecule has 0 bridgehead atoms. The van der Waals surface area contributed by atoms with Gasteiger partial charge < -0.3 is 4.74 Å². The molecule has 1 nitrogen and oxygen atoms in total. The van der Waals surface area contributed by atoms with Gasteiger partial charge in [-0.05, 0) is 24.8 Å². The highest BCUT2D eigenvalue weighted by Gasteiger charge is 2.18. The lowest BCUT2D eigenvalue weighted by atomic mass is 9.93. The molecule has 0 radical (unpaired) electrons. The highest BCUT2D eigenvalue weighted by Crippen LogP contribution is 2.23. The summed E-state index contributed by atoms with van der Waals surface area (Å²) in [6.45, 7) is 9.13. The number of ether oxygens (including phenoxy) is 1. The van der Waals surface area contributed by atoms with Gasteiger partial charge in [0.2, 0.25) is 0 Å². The summed E-state index contributed by atoms with van der Waals surface area (Å²) in [4.78, 5) is 0. The number of hydrogen-bond acceptors (Lipinski definition) is 1. The predicted molar refractivity (Wildman–Crippen MR) is 38.3 cm³/mol. The molecule has 0 saturated carbocycles. The summed E-state index contributed by atoms with van der Waals surface area (Å²) < 4.78 is 5.36. The number of rotatable bonds is 0. The summed E-state index contributed by atoms with van der Waals surface area (Å²) in [6.07, 6.45) is 1.43. The molecule has 9 heavy (non-hydrogen) atoms. The highest BCUT2D eigenvalue weighted by molar-refractivity contribution is 5.06. The van der Waals surface area contributed by atoms with Gasteiger partial charge in [-0.15, -0.1) is 0 Å². The Hall–Kier alpha value is -0.300. The fourth-order valence-electron chi connectivity index (χ4n) is 1.11. The van der Waals surface area contributed by atoms with Crippen molar-refractivity contribution >= 4 is 0 Å². The quantitative estimate of drug-likeness (QED) is 0.451. The topological polar surface area (TPSA) is 9.23 Å². The molecule has 0 spiro atoms. The molecule has 0 N–H and O–H groups in total. The van der Waals surface area contributed by atoms with Crippen LogP contribution in [0.15, 0.2) is 12.2 Å². The van der Waals surface area contributed by atoms with E-state index in [1.807, 2.05) is 0 Å². The molecule has 1 aliphatic rings. The van der Waals surface area contributed by atoms with Crippen LogP contribution in [0.25, 0.3) is 0 Å². The van der Waals surface area contributed by atoms with Gasteiger partial charge in [-0.2, -0.15) is 0 Å². The Bertz CT molecular complexity index is 106.